The highest BCUT2D eigenvalue weighted by Gasteiger charge is 2.36. The summed E-state index contributed by atoms with van der Waals surface area (Å²) >= 11 is 5.33. The number of carbonyl (C=O) groups excluding carboxylic acids is 1. The number of carbonyl (C=O) groups is 1. The molecule has 0 amide bonds. The maximum atomic E-state index is 13.0. The number of rotatable bonds is 4. The second-order valence-corrected chi connectivity index (χ2v) is 4.57. The van der Waals surface area contributed by atoms with Gasteiger partial charge in [-0.05, 0) is 29.3 Å². The molecule has 21 heavy (non-hydrogen) atoms. The van der Waals surface area contributed by atoms with Crippen LogP contribution in [0.4, 0.5) is 13.2 Å². The van der Waals surface area contributed by atoms with E-state index in [0.29, 0.717) is 5.56 Å². The Morgan fingerprint density at radius 3 is 2.29 bits per heavy atom. The van der Waals surface area contributed by atoms with E-state index in [9.17, 15) is 18.0 Å². The van der Waals surface area contributed by atoms with E-state index in [2.05, 4.69) is 0 Å². The van der Waals surface area contributed by atoms with Crippen LogP contribution in [-0.2, 0) is 12.8 Å². The minimum Gasteiger partial charge on any atom is -0.487 e. The van der Waals surface area contributed by atoms with Crippen LogP contribution in [0.15, 0.2) is 48.5 Å². The summed E-state index contributed by atoms with van der Waals surface area (Å²) in [5, 5.41) is -0.996. The Morgan fingerprint density at radius 1 is 1.05 bits per heavy atom. The number of para-hydroxylation sites is 1. The van der Waals surface area contributed by atoms with Crippen molar-refractivity contribution < 1.29 is 22.7 Å². The molecule has 0 aromatic heterocycles. The van der Waals surface area contributed by atoms with Crippen LogP contribution in [0.25, 0.3) is 0 Å². The van der Waals surface area contributed by atoms with Crippen LogP contribution >= 0.6 is 11.6 Å². The zero-order valence-electron chi connectivity index (χ0n) is 10.7. The normalized spacial score (nSPS) is 11.2. The molecule has 2 aromatic rings. The van der Waals surface area contributed by atoms with Gasteiger partial charge in [-0.3, -0.25) is 4.79 Å². The zero-order chi connectivity index (χ0) is 15.5. The van der Waals surface area contributed by atoms with Gasteiger partial charge in [-0.2, -0.15) is 13.2 Å². The quantitative estimate of drug-likeness (QED) is 0.767. The molecule has 0 aliphatic rings. The van der Waals surface area contributed by atoms with Gasteiger partial charge in [-0.1, -0.05) is 36.4 Å². The number of benzene rings is 2. The number of hydrogen-bond acceptors (Lipinski definition) is 2. The first-order valence-corrected chi connectivity index (χ1v) is 6.34. The predicted molar refractivity (Wildman–Crippen MR) is 72.4 cm³/mol. The van der Waals surface area contributed by atoms with Crippen molar-refractivity contribution in [2.24, 2.45) is 0 Å². The lowest BCUT2D eigenvalue weighted by Crippen LogP contribution is -2.11. The summed E-state index contributed by atoms with van der Waals surface area (Å²) in [4.78, 5) is 11.3. The smallest absolute Gasteiger partial charge is 0.419 e. The highest BCUT2D eigenvalue weighted by atomic mass is 35.5. The molecular weight excluding hydrogens is 305 g/mol. The van der Waals surface area contributed by atoms with Gasteiger partial charge in [0.15, 0.2) is 0 Å². The lowest BCUT2D eigenvalue weighted by Gasteiger charge is -2.16. The van der Waals surface area contributed by atoms with Crippen LogP contribution in [0.5, 0.6) is 5.75 Å². The van der Waals surface area contributed by atoms with Crippen molar-refractivity contribution in [3.05, 3.63) is 65.2 Å². The lowest BCUT2D eigenvalue weighted by molar-refractivity contribution is -0.139. The Bertz CT molecular complexity index is 639. The van der Waals surface area contributed by atoms with Gasteiger partial charge in [0.25, 0.3) is 5.24 Å². The molecule has 0 heterocycles. The third-order valence-corrected chi connectivity index (χ3v) is 2.96. The minimum atomic E-state index is -4.63. The molecule has 0 bridgehead atoms. The van der Waals surface area contributed by atoms with E-state index in [1.165, 1.54) is 6.07 Å². The molecule has 0 aliphatic carbocycles. The van der Waals surface area contributed by atoms with Crippen LogP contribution in [0.1, 0.15) is 21.5 Å². The maximum absolute atomic E-state index is 13.0. The van der Waals surface area contributed by atoms with E-state index in [4.69, 9.17) is 16.3 Å². The first-order valence-electron chi connectivity index (χ1n) is 5.96. The van der Waals surface area contributed by atoms with Crippen molar-refractivity contribution in [1.29, 1.82) is 0 Å². The highest BCUT2D eigenvalue weighted by Crippen LogP contribution is 2.39. The molecule has 0 aliphatic heterocycles. The van der Waals surface area contributed by atoms with E-state index in [1.807, 2.05) is 0 Å². The molecular formula is C15H10ClF3O2. The Hall–Kier alpha value is -2.01. The molecule has 2 nitrogen and oxygen atoms in total. The standard InChI is InChI=1S/C15H10ClF3O2/c16-14(20)11-7-4-8-12(15(17,18)19)13(11)21-9-10-5-2-1-3-6-10/h1-8H,9H2. The number of hydrogen-bond donors (Lipinski definition) is 0. The van der Waals surface area contributed by atoms with E-state index in [0.717, 1.165) is 12.1 Å². The molecule has 0 saturated carbocycles. The van der Waals surface area contributed by atoms with Crippen molar-refractivity contribution in [2.75, 3.05) is 0 Å². The second kappa shape index (κ2) is 6.18. The van der Waals surface area contributed by atoms with Crippen molar-refractivity contribution >= 4 is 16.8 Å². The molecule has 2 rings (SSSR count). The predicted octanol–water partition coefficient (Wildman–Crippen LogP) is 4.66. The first-order chi connectivity index (χ1) is 9.89. The van der Waals surface area contributed by atoms with Gasteiger partial charge < -0.3 is 4.74 Å². The van der Waals surface area contributed by atoms with Gasteiger partial charge in [0.2, 0.25) is 0 Å². The summed E-state index contributed by atoms with van der Waals surface area (Å²) < 4.78 is 44.2. The summed E-state index contributed by atoms with van der Waals surface area (Å²) in [6, 6.07) is 11.8. The fourth-order valence-corrected chi connectivity index (χ4v) is 1.95. The number of alkyl halides is 3. The van der Waals surface area contributed by atoms with Crippen LogP contribution < -0.4 is 4.74 Å². The summed E-state index contributed by atoms with van der Waals surface area (Å²) in [7, 11) is 0. The van der Waals surface area contributed by atoms with Gasteiger partial charge in [0, 0.05) is 0 Å². The summed E-state index contributed by atoms with van der Waals surface area (Å²) in [5.41, 5.74) is -0.644. The van der Waals surface area contributed by atoms with Crippen molar-refractivity contribution in [2.45, 2.75) is 12.8 Å². The SMILES string of the molecule is O=C(Cl)c1cccc(C(F)(F)F)c1OCc1ccccc1. The molecule has 0 saturated heterocycles. The molecule has 2 aromatic carbocycles. The van der Waals surface area contributed by atoms with Gasteiger partial charge in [0.05, 0.1) is 11.1 Å². The summed E-state index contributed by atoms with van der Waals surface area (Å²) in [6.45, 7) is -0.0922. The molecule has 0 fully saturated rings. The lowest BCUT2D eigenvalue weighted by atomic mass is 10.1. The minimum absolute atomic E-state index is 0.0922. The topological polar surface area (TPSA) is 26.3 Å². The van der Waals surface area contributed by atoms with Crippen molar-refractivity contribution in [3.63, 3.8) is 0 Å². The fourth-order valence-electron chi connectivity index (χ4n) is 1.80. The Balaban J connectivity index is 2.37. The monoisotopic (exact) mass is 314 g/mol. The largest absolute Gasteiger partial charge is 0.487 e. The molecule has 0 N–H and O–H groups in total. The zero-order valence-corrected chi connectivity index (χ0v) is 11.4. The molecule has 0 radical (unpaired) electrons. The van der Waals surface area contributed by atoms with Crippen molar-refractivity contribution in [1.82, 2.24) is 0 Å². The van der Waals surface area contributed by atoms with Crippen molar-refractivity contribution in [3.8, 4) is 5.75 Å². The van der Waals surface area contributed by atoms with Crippen LogP contribution in [0.3, 0.4) is 0 Å². The Labute approximate surface area is 124 Å². The molecule has 0 unspecified atom stereocenters. The highest BCUT2D eigenvalue weighted by molar-refractivity contribution is 6.68. The fraction of sp³-hybridized carbons (Fsp3) is 0.133. The average Bonchev–Trinajstić information content (AvgIpc) is 2.44. The van der Waals surface area contributed by atoms with E-state index in [-0.39, 0.29) is 12.2 Å². The van der Waals surface area contributed by atoms with Crippen LogP contribution in [0.2, 0.25) is 0 Å². The van der Waals surface area contributed by atoms with E-state index >= 15 is 0 Å². The van der Waals surface area contributed by atoms with E-state index < -0.39 is 22.7 Å². The third kappa shape index (κ3) is 3.76. The molecule has 110 valence electrons. The Kier molecular flexibility index (Phi) is 4.53. The molecule has 0 atom stereocenters. The summed E-state index contributed by atoms with van der Waals surface area (Å²) in [5.74, 6) is -0.547. The maximum Gasteiger partial charge on any atom is 0.419 e. The second-order valence-electron chi connectivity index (χ2n) is 4.23. The van der Waals surface area contributed by atoms with Gasteiger partial charge >= 0.3 is 6.18 Å². The average molecular weight is 315 g/mol. The number of ether oxygens (including phenoxy) is 1. The molecule has 0 spiro atoms. The Morgan fingerprint density at radius 2 is 1.71 bits per heavy atom. The first kappa shape index (κ1) is 15.4. The van der Waals surface area contributed by atoms with Gasteiger partial charge in [-0.15, -0.1) is 0 Å². The van der Waals surface area contributed by atoms with Crippen LogP contribution in [0, 0.1) is 0 Å². The number of halogens is 4. The van der Waals surface area contributed by atoms with Crippen LogP contribution in [-0.4, -0.2) is 5.24 Å². The summed E-state index contributed by atoms with van der Waals surface area (Å²) in [6.07, 6.45) is -4.63. The van der Waals surface area contributed by atoms with Gasteiger partial charge in [0.1, 0.15) is 12.4 Å². The van der Waals surface area contributed by atoms with Gasteiger partial charge in [-0.25, -0.2) is 0 Å². The van der Waals surface area contributed by atoms with E-state index in [1.54, 1.807) is 30.3 Å². The molecule has 6 heteroatoms. The third-order valence-electron chi connectivity index (χ3n) is 2.76.